The van der Waals surface area contributed by atoms with Crippen molar-refractivity contribution in [2.75, 3.05) is 0 Å². The van der Waals surface area contributed by atoms with Crippen LogP contribution in [-0.4, -0.2) is 11.6 Å². The summed E-state index contributed by atoms with van der Waals surface area (Å²) in [6.07, 6.45) is 10.0. The van der Waals surface area contributed by atoms with Gasteiger partial charge in [-0.05, 0) is 97.2 Å². The van der Waals surface area contributed by atoms with Crippen molar-refractivity contribution >= 4 is 11.6 Å². The van der Waals surface area contributed by atoms with E-state index in [0.29, 0.717) is 40.7 Å². The highest BCUT2D eigenvalue weighted by Crippen LogP contribution is 2.77. The average molecular weight is 439 g/mol. The van der Waals surface area contributed by atoms with Gasteiger partial charge in [-0.1, -0.05) is 53.7 Å². The van der Waals surface area contributed by atoms with Crippen LogP contribution >= 0.6 is 0 Å². The zero-order valence-electron chi connectivity index (χ0n) is 21.8. The molecule has 5 saturated carbocycles. The molecule has 0 radical (unpaired) electrons. The topological polar surface area (TPSA) is 34.1 Å². The van der Waals surface area contributed by atoms with E-state index in [-0.39, 0.29) is 27.6 Å². The van der Waals surface area contributed by atoms with Crippen LogP contribution in [0.15, 0.2) is 12.2 Å². The molecule has 0 aromatic rings. The monoisotopic (exact) mass is 438 g/mol. The van der Waals surface area contributed by atoms with Gasteiger partial charge in [0.05, 0.1) is 0 Å². The predicted octanol–water partition coefficient (Wildman–Crippen LogP) is 7.41. The molecule has 0 aliphatic heterocycles. The van der Waals surface area contributed by atoms with Crippen LogP contribution in [0, 0.1) is 56.7 Å². The van der Waals surface area contributed by atoms with Crippen LogP contribution in [0.3, 0.4) is 0 Å². The molecule has 0 amide bonds. The zero-order chi connectivity index (χ0) is 23.5. The normalized spacial score (nSPS) is 54.3. The molecule has 0 heterocycles. The average Bonchev–Trinajstić information content (AvgIpc) is 2.96. The number of carbonyl (C=O) groups is 2. The summed E-state index contributed by atoms with van der Waals surface area (Å²) in [5.41, 5.74) is 1.92. The van der Waals surface area contributed by atoms with Crippen molar-refractivity contribution in [2.24, 2.45) is 56.7 Å². The van der Waals surface area contributed by atoms with Crippen molar-refractivity contribution in [1.82, 2.24) is 0 Å². The lowest BCUT2D eigenvalue weighted by Gasteiger charge is -2.72. The maximum atomic E-state index is 13.2. The summed E-state index contributed by atoms with van der Waals surface area (Å²) in [5, 5.41) is 0. The molecule has 2 nitrogen and oxygen atoms in total. The van der Waals surface area contributed by atoms with Gasteiger partial charge in [-0.25, -0.2) is 0 Å². The van der Waals surface area contributed by atoms with Gasteiger partial charge in [0.2, 0.25) is 0 Å². The quantitative estimate of drug-likeness (QED) is 0.399. The fourth-order valence-electron chi connectivity index (χ4n) is 11.1. The zero-order valence-corrected chi connectivity index (χ0v) is 21.8. The van der Waals surface area contributed by atoms with Gasteiger partial charge < -0.3 is 0 Å². The van der Waals surface area contributed by atoms with Crippen molar-refractivity contribution in [1.29, 1.82) is 0 Å². The molecule has 5 rings (SSSR count). The van der Waals surface area contributed by atoms with E-state index in [9.17, 15) is 9.59 Å². The maximum Gasteiger partial charge on any atom is 0.140 e. The summed E-state index contributed by atoms with van der Waals surface area (Å²) in [6.45, 7) is 21.1. The third kappa shape index (κ3) is 2.54. The molecule has 0 bridgehead atoms. The number of rotatable bonds is 1. The lowest BCUT2D eigenvalue weighted by atomic mass is 9.32. The number of ketones is 2. The minimum Gasteiger partial charge on any atom is -0.299 e. The molecule has 2 heteroatoms. The largest absolute Gasteiger partial charge is 0.299 e. The Balaban J connectivity index is 1.57. The van der Waals surface area contributed by atoms with Gasteiger partial charge in [0, 0.05) is 24.2 Å². The molecular weight excluding hydrogens is 392 g/mol. The number of hydrogen-bond donors (Lipinski definition) is 0. The van der Waals surface area contributed by atoms with Gasteiger partial charge in [0.1, 0.15) is 11.6 Å². The van der Waals surface area contributed by atoms with E-state index in [1.54, 1.807) is 0 Å². The summed E-state index contributed by atoms with van der Waals surface area (Å²) in [4.78, 5) is 26.1. The number of carbonyl (C=O) groups excluding carboxylic acids is 2. The molecule has 0 saturated heterocycles. The smallest absolute Gasteiger partial charge is 0.140 e. The molecule has 9 atom stereocenters. The summed E-state index contributed by atoms with van der Waals surface area (Å²) in [5.74, 6) is 3.32. The first-order chi connectivity index (χ1) is 14.7. The first-order valence-corrected chi connectivity index (χ1v) is 13.4. The van der Waals surface area contributed by atoms with E-state index in [2.05, 4.69) is 55.0 Å². The molecule has 32 heavy (non-hydrogen) atoms. The fraction of sp³-hybridized carbons (Fsp3) is 0.867. The van der Waals surface area contributed by atoms with Crippen LogP contribution in [0.2, 0.25) is 0 Å². The Bertz CT molecular complexity index is 883. The van der Waals surface area contributed by atoms with Crippen LogP contribution in [0.1, 0.15) is 106 Å². The van der Waals surface area contributed by atoms with E-state index in [4.69, 9.17) is 0 Å². The number of allylic oxidation sites excluding steroid dienone is 1. The molecule has 0 aromatic heterocycles. The van der Waals surface area contributed by atoms with Gasteiger partial charge >= 0.3 is 0 Å². The minimum atomic E-state index is -0.180. The molecule has 0 aromatic carbocycles. The Labute approximate surface area is 196 Å². The Kier molecular flexibility index (Phi) is 4.71. The third-order valence-electron chi connectivity index (χ3n) is 13.0. The Morgan fingerprint density at radius 3 is 2.19 bits per heavy atom. The third-order valence-corrected chi connectivity index (χ3v) is 13.0. The van der Waals surface area contributed by atoms with Crippen molar-refractivity contribution in [3.63, 3.8) is 0 Å². The van der Waals surface area contributed by atoms with Gasteiger partial charge in [0.25, 0.3) is 0 Å². The van der Waals surface area contributed by atoms with Gasteiger partial charge in [-0.3, -0.25) is 9.59 Å². The Hall–Kier alpha value is -0.920. The minimum absolute atomic E-state index is 0.0722. The van der Waals surface area contributed by atoms with Crippen molar-refractivity contribution < 1.29 is 9.59 Å². The van der Waals surface area contributed by atoms with E-state index >= 15 is 0 Å². The van der Waals surface area contributed by atoms with Crippen LogP contribution in [-0.2, 0) is 9.59 Å². The van der Waals surface area contributed by atoms with Gasteiger partial charge in [-0.15, -0.1) is 0 Å². The summed E-state index contributed by atoms with van der Waals surface area (Å²) >= 11 is 0. The van der Waals surface area contributed by atoms with E-state index < -0.39 is 0 Å². The molecule has 0 unspecified atom stereocenters. The van der Waals surface area contributed by atoms with Crippen LogP contribution in [0.4, 0.5) is 0 Å². The lowest BCUT2D eigenvalue weighted by Crippen LogP contribution is -2.66. The molecule has 5 aliphatic rings. The summed E-state index contributed by atoms with van der Waals surface area (Å²) < 4.78 is 0. The SMILES string of the molecule is C=C(C)[C@@H]1C(=O)C[C@]2(C)CC[C@]3(C)[C@H](CC[C@@H]4[C@@]5(C)CCC(=O)C(C)(C)[C@@H]5CC[C@]43C)[C@@H]12. The van der Waals surface area contributed by atoms with E-state index in [1.165, 1.54) is 38.5 Å². The Morgan fingerprint density at radius 2 is 1.53 bits per heavy atom. The van der Waals surface area contributed by atoms with Gasteiger partial charge in [-0.2, -0.15) is 0 Å². The van der Waals surface area contributed by atoms with Crippen molar-refractivity contribution in [3.8, 4) is 0 Å². The van der Waals surface area contributed by atoms with E-state index in [1.807, 2.05) is 0 Å². The van der Waals surface area contributed by atoms with Crippen molar-refractivity contribution in [2.45, 2.75) is 106 Å². The standard InChI is InChI=1S/C30H46O2/c1-18(2)24-20(31)17-27(5)15-16-29(7)19(25(24)27)9-10-22-28(6)13-12-23(32)26(3,4)21(28)11-14-30(22,29)8/h19,21-22,24-25H,1,9-17H2,2-8H3/t19-,21+,22-,24-,25+,27+,28+,29-,30-/m1/s1. The summed E-state index contributed by atoms with van der Waals surface area (Å²) in [7, 11) is 0. The molecule has 0 spiro atoms. The lowest BCUT2D eigenvalue weighted by molar-refractivity contribution is -0.232. The number of Topliss-reactive ketones (excluding diaryl/α,β-unsaturated/α-hetero) is 2. The predicted molar refractivity (Wildman–Crippen MR) is 130 cm³/mol. The molecule has 178 valence electrons. The Morgan fingerprint density at radius 1 is 0.844 bits per heavy atom. The highest BCUT2D eigenvalue weighted by molar-refractivity contribution is 5.87. The maximum absolute atomic E-state index is 13.2. The van der Waals surface area contributed by atoms with Crippen LogP contribution in [0.25, 0.3) is 0 Å². The second-order valence-electron chi connectivity index (χ2n) is 14.5. The second-order valence-corrected chi connectivity index (χ2v) is 14.5. The van der Waals surface area contributed by atoms with E-state index in [0.717, 1.165) is 24.8 Å². The molecule has 5 fully saturated rings. The highest BCUT2D eigenvalue weighted by Gasteiger charge is 2.71. The van der Waals surface area contributed by atoms with Gasteiger partial charge in [0.15, 0.2) is 0 Å². The fourth-order valence-corrected chi connectivity index (χ4v) is 11.1. The molecule has 0 N–H and O–H groups in total. The highest BCUT2D eigenvalue weighted by atomic mass is 16.1. The summed E-state index contributed by atoms with van der Waals surface area (Å²) in [6, 6.07) is 0. The molecular formula is C30H46O2. The molecule has 5 aliphatic carbocycles. The number of fused-ring (bicyclic) bond motifs is 7. The van der Waals surface area contributed by atoms with Crippen LogP contribution in [0.5, 0.6) is 0 Å². The first kappa shape index (κ1) is 22.9. The first-order valence-electron chi connectivity index (χ1n) is 13.4. The van der Waals surface area contributed by atoms with Crippen molar-refractivity contribution in [3.05, 3.63) is 12.2 Å². The van der Waals surface area contributed by atoms with Crippen LogP contribution < -0.4 is 0 Å². The number of hydrogen-bond acceptors (Lipinski definition) is 2. The second kappa shape index (κ2) is 6.60.